The van der Waals surface area contributed by atoms with Gasteiger partial charge in [-0.15, -0.1) is 0 Å². The van der Waals surface area contributed by atoms with Crippen LogP contribution < -0.4 is 10.6 Å². The van der Waals surface area contributed by atoms with Crippen LogP contribution in [0.2, 0.25) is 0 Å². The van der Waals surface area contributed by atoms with Crippen LogP contribution >= 0.6 is 0 Å². The fraction of sp³-hybridized carbons (Fsp3) is 0.455. The molecule has 1 heterocycles. The average molecular weight is 548 g/mol. The van der Waals surface area contributed by atoms with Crippen LogP contribution in [0.15, 0.2) is 85.3 Å². The van der Waals surface area contributed by atoms with Gasteiger partial charge in [0.25, 0.3) is 5.91 Å². The third-order valence-electron chi connectivity index (χ3n) is 5.74. The van der Waals surface area contributed by atoms with Crippen molar-refractivity contribution in [2.24, 2.45) is 0 Å². The van der Waals surface area contributed by atoms with Crippen LogP contribution in [0.25, 0.3) is 0 Å². The standard InChI is InChI=1S/C33H49N5O2/c1-4-5-6-7-8-9-10-11-12-13-14-15-16-17-18-19-20-21-22-23-32(39)34-24-26-38(3)27-25-35-33(40)31-29-36-30(2)28-37-31/h5-6,8-9,11-12,14-15,17-18,20-21,28-29H,4,7,10,13,16,19,22-27H2,1-3H3,(H,34,39)(H,35,40). The van der Waals surface area contributed by atoms with Crippen LogP contribution in [-0.2, 0) is 4.79 Å². The molecule has 0 aliphatic heterocycles. The topological polar surface area (TPSA) is 87.2 Å². The lowest BCUT2D eigenvalue weighted by molar-refractivity contribution is -0.121. The van der Waals surface area contributed by atoms with E-state index in [4.69, 9.17) is 0 Å². The molecule has 218 valence electrons. The summed E-state index contributed by atoms with van der Waals surface area (Å²) in [6.45, 7) is 6.45. The fourth-order valence-electron chi connectivity index (χ4n) is 3.40. The molecular formula is C33H49N5O2. The van der Waals surface area contributed by atoms with Crippen molar-refractivity contribution in [1.82, 2.24) is 25.5 Å². The first kappa shape index (κ1) is 34.4. The van der Waals surface area contributed by atoms with E-state index in [9.17, 15) is 9.59 Å². The Balaban J connectivity index is 1.98. The number of amides is 2. The minimum atomic E-state index is -0.233. The van der Waals surface area contributed by atoms with E-state index in [1.54, 1.807) is 6.20 Å². The Morgan fingerprint density at radius 1 is 0.725 bits per heavy atom. The summed E-state index contributed by atoms with van der Waals surface area (Å²) in [5.74, 6) is -0.178. The van der Waals surface area contributed by atoms with Crippen LogP contribution in [0.4, 0.5) is 0 Å². The first-order valence-corrected chi connectivity index (χ1v) is 14.4. The van der Waals surface area contributed by atoms with Crippen LogP contribution in [-0.4, -0.2) is 59.9 Å². The molecule has 1 rings (SSSR count). The van der Waals surface area contributed by atoms with Crippen LogP contribution in [0.5, 0.6) is 0 Å². The molecule has 1 aromatic heterocycles. The molecule has 0 unspecified atom stereocenters. The van der Waals surface area contributed by atoms with Gasteiger partial charge in [-0.1, -0.05) is 79.8 Å². The number of nitrogens with one attached hydrogen (secondary N) is 2. The van der Waals surface area contributed by atoms with E-state index in [0.29, 0.717) is 38.3 Å². The number of carbonyl (C=O) groups is 2. The monoisotopic (exact) mass is 547 g/mol. The number of carbonyl (C=O) groups excluding carboxylic acids is 2. The Bertz CT molecular complexity index is 991. The van der Waals surface area contributed by atoms with E-state index in [1.807, 2.05) is 14.0 Å². The smallest absolute Gasteiger partial charge is 0.271 e. The number of nitrogens with zero attached hydrogens (tertiary/aromatic N) is 3. The lowest BCUT2D eigenvalue weighted by atomic mass is 10.2. The van der Waals surface area contributed by atoms with Gasteiger partial charge in [-0.25, -0.2) is 4.98 Å². The fourth-order valence-corrected chi connectivity index (χ4v) is 3.40. The predicted molar refractivity (Wildman–Crippen MR) is 167 cm³/mol. The first-order chi connectivity index (χ1) is 19.5. The molecule has 40 heavy (non-hydrogen) atoms. The minimum Gasteiger partial charge on any atom is -0.355 e. The third-order valence-corrected chi connectivity index (χ3v) is 5.74. The van der Waals surface area contributed by atoms with E-state index in [1.165, 1.54) is 6.20 Å². The van der Waals surface area contributed by atoms with Gasteiger partial charge in [0.2, 0.25) is 5.91 Å². The zero-order valence-corrected chi connectivity index (χ0v) is 24.7. The van der Waals surface area contributed by atoms with E-state index < -0.39 is 0 Å². The lowest BCUT2D eigenvalue weighted by Gasteiger charge is -2.17. The quantitative estimate of drug-likeness (QED) is 0.183. The van der Waals surface area contributed by atoms with Crippen LogP contribution in [0.1, 0.15) is 74.5 Å². The summed E-state index contributed by atoms with van der Waals surface area (Å²) in [4.78, 5) is 34.3. The normalized spacial score (nSPS) is 12.4. The molecule has 0 radical (unpaired) electrons. The summed E-state index contributed by atoms with van der Waals surface area (Å²) in [6.07, 6.45) is 36.3. The highest BCUT2D eigenvalue weighted by Gasteiger charge is 2.07. The molecule has 0 bridgehead atoms. The molecule has 0 aliphatic rings. The van der Waals surface area contributed by atoms with Crippen molar-refractivity contribution in [1.29, 1.82) is 0 Å². The van der Waals surface area contributed by atoms with E-state index in [2.05, 4.69) is 105 Å². The van der Waals surface area contributed by atoms with Gasteiger partial charge in [0.1, 0.15) is 5.69 Å². The molecule has 7 heteroatoms. The SMILES string of the molecule is CCC=CCC=CCC=CCC=CCC=CCC=CCCC(=O)NCCN(C)CCNC(=O)c1cnc(C)cn1. The van der Waals surface area contributed by atoms with Crippen LogP contribution in [0.3, 0.4) is 0 Å². The summed E-state index contributed by atoms with van der Waals surface area (Å²) < 4.78 is 0. The Hall–Kier alpha value is -3.58. The highest BCUT2D eigenvalue weighted by Crippen LogP contribution is 1.98. The molecular weight excluding hydrogens is 498 g/mol. The van der Waals surface area contributed by atoms with Gasteiger partial charge >= 0.3 is 0 Å². The number of rotatable bonds is 21. The number of allylic oxidation sites excluding steroid dienone is 12. The Morgan fingerprint density at radius 2 is 1.23 bits per heavy atom. The minimum absolute atomic E-state index is 0.0548. The van der Waals surface area contributed by atoms with Gasteiger partial charge in [-0.05, 0) is 58.9 Å². The van der Waals surface area contributed by atoms with E-state index >= 15 is 0 Å². The largest absolute Gasteiger partial charge is 0.355 e. The Morgan fingerprint density at radius 3 is 1.73 bits per heavy atom. The Labute approximate surface area is 241 Å². The summed E-state index contributed by atoms with van der Waals surface area (Å²) in [7, 11) is 1.96. The summed E-state index contributed by atoms with van der Waals surface area (Å²) in [6, 6.07) is 0. The molecule has 0 fully saturated rings. The van der Waals surface area contributed by atoms with Gasteiger partial charge in [0.05, 0.1) is 11.9 Å². The number of aryl methyl sites for hydroxylation is 1. The predicted octanol–water partition coefficient (Wildman–Crippen LogP) is 6.04. The molecule has 0 saturated heterocycles. The molecule has 2 N–H and O–H groups in total. The second kappa shape index (κ2) is 24.5. The highest BCUT2D eigenvalue weighted by molar-refractivity contribution is 5.91. The number of hydrogen-bond donors (Lipinski definition) is 2. The average Bonchev–Trinajstić information content (AvgIpc) is 2.94. The van der Waals surface area contributed by atoms with Crippen molar-refractivity contribution >= 4 is 11.8 Å². The van der Waals surface area contributed by atoms with Gasteiger partial charge in [0, 0.05) is 38.8 Å². The highest BCUT2D eigenvalue weighted by atomic mass is 16.2. The number of hydrogen-bond acceptors (Lipinski definition) is 5. The molecule has 0 atom stereocenters. The molecule has 1 aromatic rings. The molecule has 7 nitrogen and oxygen atoms in total. The van der Waals surface area contributed by atoms with Crippen molar-refractivity contribution < 1.29 is 9.59 Å². The Kier molecular flexibility index (Phi) is 21.1. The summed E-state index contributed by atoms with van der Waals surface area (Å²) >= 11 is 0. The molecule has 0 aliphatic carbocycles. The molecule has 2 amide bonds. The van der Waals surface area contributed by atoms with Crippen LogP contribution in [0, 0.1) is 6.92 Å². The third kappa shape index (κ3) is 20.4. The van der Waals surface area contributed by atoms with E-state index in [-0.39, 0.29) is 11.8 Å². The number of likely N-dealkylation sites (N-methyl/N-ethyl adjacent to an activating group) is 1. The second-order valence-corrected chi connectivity index (χ2v) is 9.41. The van der Waals surface area contributed by atoms with Crippen molar-refractivity contribution in [2.75, 3.05) is 33.2 Å². The van der Waals surface area contributed by atoms with Gasteiger partial charge < -0.3 is 15.5 Å². The maximum atomic E-state index is 12.0. The molecule has 0 spiro atoms. The van der Waals surface area contributed by atoms with Crippen molar-refractivity contribution in [2.45, 2.75) is 65.2 Å². The van der Waals surface area contributed by atoms with Gasteiger partial charge in [-0.2, -0.15) is 0 Å². The molecule has 0 aromatic carbocycles. The second-order valence-electron chi connectivity index (χ2n) is 9.41. The van der Waals surface area contributed by atoms with Crippen molar-refractivity contribution in [3.63, 3.8) is 0 Å². The van der Waals surface area contributed by atoms with Gasteiger partial charge in [0.15, 0.2) is 0 Å². The van der Waals surface area contributed by atoms with Crippen molar-refractivity contribution in [3.05, 3.63) is 96.7 Å². The zero-order valence-electron chi connectivity index (χ0n) is 24.7. The maximum absolute atomic E-state index is 12.0. The number of aromatic nitrogens is 2. The maximum Gasteiger partial charge on any atom is 0.271 e. The summed E-state index contributed by atoms with van der Waals surface area (Å²) in [5.41, 5.74) is 1.09. The van der Waals surface area contributed by atoms with E-state index in [0.717, 1.165) is 50.6 Å². The first-order valence-electron chi connectivity index (χ1n) is 14.4. The zero-order chi connectivity index (χ0) is 29.1. The lowest BCUT2D eigenvalue weighted by Crippen LogP contribution is -2.37. The van der Waals surface area contributed by atoms with Crippen molar-refractivity contribution in [3.8, 4) is 0 Å². The van der Waals surface area contributed by atoms with Gasteiger partial charge in [-0.3, -0.25) is 14.6 Å². The molecule has 0 saturated carbocycles. The summed E-state index contributed by atoms with van der Waals surface area (Å²) in [5, 5.41) is 5.78.